The zero-order valence-electron chi connectivity index (χ0n) is 17.7. The minimum absolute atomic E-state index is 0.290. The van der Waals surface area contributed by atoms with Crippen molar-refractivity contribution in [1.82, 2.24) is 9.97 Å². The van der Waals surface area contributed by atoms with Crippen molar-refractivity contribution in [3.05, 3.63) is 78.9 Å². The van der Waals surface area contributed by atoms with Gasteiger partial charge < -0.3 is 14.5 Å². The molecule has 1 aliphatic rings. The number of benzene rings is 3. The summed E-state index contributed by atoms with van der Waals surface area (Å²) in [5, 5.41) is 0. The lowest BCUT2D eigenvalue weighted by Gasteiger charge is -2.16. The van der Waals surface area contributed by atoms with Crippen LogP contribution in [0.3, 0.4) is 0 Å². The Hall–Kier alpha value is -3.53. The van der Waals surface area contributed by atoms with Crippen LogP contribution in [0, 0.1) is 0 Å². The highest BCUT2D eigenvalue weighted by molar-refractivity contribution is 5.81. The molecular formula is C27H26N2O2. The smallest absolute Gasteiger partial charge is 0.161 e. The highest BCUT2D eigenvalue weighted by atomic mass is 16.5. The molecule has 5 rings (SSSR count). The first kappa shape index (κ1) is 19.4. The zero-order valence-corrected chi connectivity index (χ0v) is 17.7. The molecule has 4 heteroatoms. The van der Waals surface area contributed by atoms with E-state index >= 15 is 0 Å². The van der Waals surface area contributed by atoms with Gasteiger partial charge in [-0.2, -0.15) is 0 Å². The molecule has 0 saturated heterocycles. The molecule has 0 unspecified atom stereocenters. The van der Waals surface area contributed by atoms with Gasteiger partial charge in [0.25, 0.3) is 0 Å². The van der Waals surface area contributed by atoms with Crippen LogP contribution in [0.4, 0.5) is 0 Å². The number of hydrogen-bond acceptors (Lipinski definition) is 3. The van der Waals surface area contributed by atoms with E-state index in [2.05, 4.69) is 35.3 Å². The summed E-state index contributed by atoms with van der Waals surface area (Å²) < 4.78 is 11.9. The molecule has 156 valence electrons. The minimum Gasteiger partial charge on any atom is -0.493 e. The van der Waals surface area contributed by atoms with E-state index in [1.54, 1.807) is 7.11 Å². The molecule has 4 nitrogen and oxygen atoms in total. The first-order valence-electron chi connectivity index (χ1n) is 10.9. The lowest BCUT2D eigenvalue weighted by molar-refractivity contribution is 0.201. The third-order valence-electron chi connectivity index (χ3n) is 5.85. The van der Waals surface area contributed by atoms with Gasteiger partial charge in [0.05, 0.1) is 24.6 Å². The first-order valence-corrected chi connectivity index (χ1v) is 10.9. The van der Waals surface area contributed by atoms with Crippen LogP contribution in [-0.4, -0.2) is 23.2 Å². The number of ether oxygens (including phenoxy) is 2. The van der Waals surface area contributed by atoms with Gasteiger partial charge in [-0.15, -0.1) is 0 Å². The molecule has 31 heavy (non-hydrogen) atoms. The van der Waals surface area contributed by atoms with Gasteiger partial charge in [-0.1, -0.05) is 60.7 Å². The number of imidazole rings is 1. The van der Waals surface area contributed by atoms with Crippen molar-refractivity contribution in [2.75, 3.05) is 7.11 Å². The highest BCUT2D eigenvalue weighted by Crippen LogP contribution is 2.37. The van der Waals surface area contributed by atoms with E-state index in [1.165, 1.54) is 12.8 Å². The fourth-order valence-corrected chi connectivity index (χ4v) is 4.23. The monoisotopic (exact) mass is 410 g/mol. The molecule has 1 fully saturated rings. The first-order chi connectivity index (χ1) is 15.3. The van der Waals surface area contributed by atoms with Crippen LogP contribution in [0.15, 0.2) is 78.9 Å². The number of aromatic nitrogens is 2. The predicted octanol–water partition coefficient (Wildman–Crippen LogP) is 6.74. The standard InChI is InChI=1S/C27H26N2O2/c1-30-24-18-21(16-17-23(24)31-22-14-8-9-15-22)27-28-25(19-10-4-2-5-11-19)26(29-27)20-12-6-3-7-13-20/h2-7,10-13,16-18,22H,8-9,14-15H2,1H3,(H,28,29). The summed E-state index contributed by atoms with van der Waals surface area (Å²) in [7, 11) is 1.69. The van der Waals surface area contributed by atoms with Gasteiger partial charge >= 0.3 is 0 Å². The average molecular weight is 411 g/mol. The maximum atomic E-state index is 6.20. The molecule has 1 aliphatic carbocycles. The normalized spacial score (nSPS) is 14.0. The number of aromatic amines is 1. The second-order valence-electron chi connectivity index (χ2n) is 7.93. The van der Waals surface area contributed by atoms with E-state index in [4.69, 9.17) is 14.5 Å². The maximum absolute atomic E-state index is 6.20. The van der Waals surface area contributed by atoms with Gasteiger partial charge in [0.2, 0.25) is 0 Å². The Labute approximate surface area is 182 Å². The molecular weight excluding hydrogens is 384 g/mol. The van der Waals surface area contributed by atoms with Crippen molar-refractivity contribution in [1.29, 1.82) is 0 Å². The molecule has 0 bridgehead atoms. The van der Waals surface area contributed by atoms with E-state index in [-0.39, 0.29) is 6.10 Å². The summed E-state index contributed by atoms with van der Waals surface area (Å²) in [6, 6.07) is 26.6. The number of H-pyrrole nitrogens is 1. The van der Waals surface area contributed by atoms with Crippen molar-refractivity contribution in [3.63, 3.8) is 0 Å². The van der Waals surface area contributed by atoms with Crippen LogP contribution in [-0.2, 0) is 0 Å². The van der Waals surface area contributed by atoms with Crippen molar-refractivity contribution < 1.29 is 9.47 Å². The quantitative estimate of drug-likeness (QED) is 0.383. The summed E-state index contributed by atoms with van der Waals surface area (Å²) in [6.07, 6.45) is 5.00. The summed E-state index contributed by atoms with van der Waals surface area (Å²) in [5.74, 6) is 2.35. The average Bonchev–Trinajstić information content (AvgIpc) is 3.51. The molecule has 1 aromatic heterocycles. The van der Waals surface area contributed by atoms with Gasteiger partial charge in [0.1, 0.15) is 5.82 Å². The fraction of sp³-hybridized carbons (Fsp3) is 0.222. The second-order valence-corrected chi connectivity index (χ2v) is 7.93. The minimum atomic E-state index is 0.290. The Morgan fingerprint density at radius 3 is 2.13 bits per heavy atom. The molecule has 4 aromatic rings. The Kier molecular flexibility index (Phi) is 5.44. The van der Waals surface area contributed by atoms with Crippen LogP contribution in [0.1, 0.15) is 25.7 Å². The van der Waals surface area contributed by atoms with Crippen molar-refractivity contribution in [2.45, 2.75) is 31.8 Å². The Morgan fingerprint density at radius 2 is 1.45 bits per heavy atom. The van der Waals surface area contributed by atoms with E-state index in [1.807, 2.05) is 48.5 Å². The summed E-state index contributed by atoms with van der Waals surface area (Å²) in [6.45, 7) is 0. The molecule has 0 spiro atoms. The van der Waals surface area contributed by atoms with Crippen molar-refractivity contribution in [3.8, 4) is 45.4 Å². The van der Waals surface area contributed by atoms with Gasteiger partial charge in [-0.3, -0.25) is 0 Å². The van der Waals surface area contributed by atoms with Gasteiger partial charge in [0.15, 0.2) is 11.5 Å². The fourth-order valence-electron chi connectivity index (χ4n) is 4.23. The number of rotatable bonds is 6. The van der Waals surface area contributed by atoms with Crippen LogP contribution in [0.2, 0.25) is 0 Å². The van der Waals surface area contributed by atoms with Crippen LogP contribution in [0.25, 0.3) is 33.9 Å². The van der Waals surface area contributed by atoms with Gasteiger partial charge in [-0.05, 0) is 43.9 Å². The SMILES string of the molecule is COc1cc(-c2nc(-c3ccccc3)c(-c3ccccc3)[nH]2)ccc1OC1CCCC1. The zero-order chi connectivity index (χ0) is 21.0. The number of nitrogens with one attached hydrogen (secondary N) is 1. The van der Waals surface area contributed by atoms with Crippen LogP contribution in [0.5, 0.6) is 11.5 Å². The molecule has 3 aromatic carbocycles. The summed E-state index contributed by atoms with van der Waals surface area (Å²) >= 11 is 0. The molecule has 0 amide bonds. The Balaban J connectivity index is 1.55. The van der Waals surface area contributed by atoms with Crippen molar-refractivity contribution in [2.24, 2.45) is 0 Å². The summed E-state index contributed by atoms with van der Waals surface area (Å²) in [4.78, 5) is 8.53. The lowest BCUT2D eigenvalue weighted by atomic mass is 10.1. The molecule has 1 heterocycles. The van der Waals surface area contributed by atoms with Crippen molar-refractivity contribution >= 4 is 0 Å². The van der Waals surface area contributed by atoms with Gasteiger partial charge in [-0.25, -0.2) is 4.98 Å². The third kappa shape index (κ3) is 4.06. The molecule has 1 saturated carbocycles. The van der Waals surface area contributed by atoms with Crippen LogP contribution < -0.4 is 9.47 Å². The van der Waals surface area contributed by atoms with Gasteiger partial charge in [0, 0.05) is 16.7 Å². The number of hydrogen-bond donors (Lipinski definition) is 1. The highest BCUT2D eigenvalue weighted by Gasteiger charge is 2.20. The largest absolute Gasteiger partial charge is 0.493 e. The predicted molar refractivity (Wildman–Crippen MR) is 124 cm³/mol. The maximum Gasteiger partial charge on any atom is 0.161 e. The molecule has 0 aliphatic heterocycles. The Bertz CT molecular complexity index is 1090. The number of nitrogens with zero attached hydrogens (tertiary/aromatic N) is 1. The second kappa shape index (κ2) is 8.68. The topological polar surface area (TPSA) is 47.1 Å². The van der Waals surface area contributed by atoms with Crippen LogP contribution >= 0.6 is 0 Å². The van der Waals surface area contributed by atoms with E-state index in [0.29, 0.717) is 0 Å². The Morgan fingerprint density at radius 1 is 0.774 bits per heavy atom. The third-order valence-corrected chi connectivity index (χ3v) is 5.85. The summed E-state index contributed by atoms with van der Waals surface area (Å²) in [5.41, 5.74) is 5.10. The van der Waals surface area contributed by atoms with E-state index < -0.39 is 0 Å². The molecule has 1 N–H and O–H groups in total. The molecule has 0 atom stereocenters. The lowest BCUT2D eigenvalue weighted by Crippen LogP contribution is -2.11. The molecule has 0 radical (unpaired) electrons. The van der Waals surface area contributed by atoms with E-state index in [0.717, 1.165) is 58.2 Å². The number of methoxy groups -OCH3 is 1. The van der Waals surface area contributed by atoms with E-state index in [9.17, 15) is 0 Å².